The summed E-state index contributed by atoms with van der Waals surface area (Å²) in [7, 11) is 0. The number of rotatable bonds is 2. The zero-order valence-corrected chi connectivity index (χ0v) is 11.7. The standard InChI is InChI=1S/C13H12BrNO4/c14-10-3-8-1-2-18-13(8)9(4-10)5-15-6-11(16)19-12(17)7-15/h3-4H,1-2,5-7H2. The van der Waals surface area contributed by atoms with Crippen molar-refractivity contribution in [3.63, 3.8) is 0 Å². The van der Waals surface area contributed by atoms with Gasteiger partial charge in [-0.2, -0.15) is 0 Å². The van der Waals surface area contributed by atoms with Crippen LogP contribution >= 0.6 is 15.9 Å². The second kappa shape index (κ2) is 4.94. The third-order valence-electron chi connectivity index (χ3n) is 3.15. The maximum absolute atomic E-state index is 11.2. The maximum Gasteiger partial charge on any atom is 0.327 e. The zero-order chi connectivity index (χ0) is 13.4. The number of ether oxygens (including phenoxy) is 2. The molecule has 0 unspecified atom stereocenters. The average molecular weight is 326 g/mol. The lowest BCUT2D eigenvalue weighted by molar-refractivity contribution is -0.167. The van der Waals surface area contributed by atoms with Gasteiger partial charge in [-0.1, -0.05) is 15.9 Å². The Kier molecular flexibility index (Phi) is 3.28. The maximum atomic E-state index is 11.2. The summed E-state index contributed by atoms with van der Waals surface area (Å²) in [5.41, 5.74) is 2.15. The number of cyclic esters (lactones) is 2. The van der Waals surface area contributed by atoms with Crippen molar-refractivity contribution >= 4 is 27.9 Å². The fraction of sp³-hybridized carbons (Fsp3) is 0.385. The molecule has 6 heteroatoms. The summed E-state index contributed by atoms with van der Waals surface area (Å²) in [5, 5.41) is 0. The van der Waals surface area contributed by atoms with E-state index in [1.54, 1.807) is 4.90 Å². The number of fused-ring (bicyclic) bond motifs is 1. The van der Waals surface area contributed by atoms with Crippen LogP contribution in [0.5, 0.6) is 5.75 Å². The van der Waals surface area contributed by atoms with Crippen molar-refractivity contribution in [3.05, 3.63) is 27.7 Å². The van der Waals surface area contributed by atoms with Crippen LogP contribution in [0.1, 0.15) is 11.1 Å². The third kappa shape index (κ3) is 2.64. The van der Waals surface area contributed by atoms with Crippen LogP contribution in [0.4, 0.5) is 0 Å². The van der Waals surface area contributed by atoms with E-state index in [1.807, 2.05) is 12.1 Å². The van der Waals surface area contributed by atoms with Crippen LogP contribution in [-0.2, 0) is 27.3 Å². The summed E-state index contributed by atoms with van der Waals surface area (Å²) in [6, 6.07) is 4.01. The van der Waals surface area contributed by atoms with Crippen molar-refractivity contribution in [2.75, 3.05) is 19.7 Å². The molecule has 19 heavy (non-hydrogen) atoms. The SMILES string of the molecule is O=C1CN(Cc2cc(Br)cc3c2OCC3)CC(=O)O1. The van der Waals surface area contributed by atoms with Gasteiger partial charge in [-0.25, -0.2) is 0 Å². The van der Waals surface area contributed by atoms with E-state index in [1.165, 1.54) is 0 Å². The Labute approximate surface area is 118 Å². The van der Waals surface area contributed by atoms with Gasteiger partial charge in [0, 0.05) is 23.0 Å². The zero-order valence-electron chi connectivity index (χ0n) is 10.1. The number of carbonyl (C=O) groups excluding carboxylic acids is 2. The highest BCUT2D eigenvalue weighted by molar-refractivity contribution is 9.10. The molecule has 0 amide bonds. The van der Waals surface area contributed by atoms with Crippen molar-refractivity contribution in [1.29, 1.82) is 0 Å². The first-order chi connectivity index (χ1) is 9.11. The molecular weight excluding hydrogens is 314 g/mol. The Morgan fingerprint density at radius 2 is 1.95 bits per heavy atom. The summed E-state index contributed by atoms with van der Waals surface area (Å²) in [5.74, 6) is -0.109. The first kappa shape index (κ1) is 12.6. The molecule has 0 aromatic heterocycles. The quantitative estimate of drug-likeness (QED) is 0.605. The van der Waals surface area contributed by atoms with E-state index in [9.17, 15) is 9.59 Å². The molecule has 0 bridgehead atoms. The van der Waals surface area contributed by atoms with Crippen LogP contribution in [0, 0.1) is 0 Å². The summed E-state index contributed by atoms with van der Waals surface area (Å²) in [6.07, 6.45) is 0.892. The van der Waals surface area contributed by atoms with Gasteiger partial charge in [0.2, 0.25) is 0 Å². The molecule has 1 aromatic carbocycles. The monoisotopic (exact) mass is 325 g/mol. The Hall–Kier alpha value is -1.40. The molecule has 2 heterocycles. The van der Waals surface area contributed by atoms with Crippen molar-refractivity contribution in [1.82, 2.24) is 4.90 Å². The first-order valence-electron chi connectivity index (χ1n) is 6.02. The Bertz CT molecular complexity index is 542. The highest BCUT2D eigenvalue weighted by Crippen LogP contribution is 2.33. The summed E-state index contributed by atoms with van der Waals surface area (Å²) in [4.78, 5) is 24.3. The molecule has 1 aromatic rings. The van der Waals surface area contributed by atoms with Crippen LogP contribution in [-0.4, -0.2) is 36.5 Å². The molecule has 3 rings (SSSR count). The van der Waals surface area contributed by atoms with Gasteiger partial charge in [0.25, 0.3) is 0 Å². The summed E-state index contributed by atoms with van der Waals surface area (Å²) >= 11 is 3.47. The molecule has 0 saturated carbocycles. The van der Waals surface area contributed by atoms with Gasteiger partial charge in [-0.3, -0.25) is 14.5 Å². The number of carbonyl (C=O) groups is 2. The number of nitrogens with zero attached hydrogens (tertiary/aromatic N) is 1. The Morgan fingerprint density at radius 1 is 1.21 bits per heavy atom. The average Bonchev–Trinajstić information content (AvgIpc) is 2.75. The van der Waals surface area contributed by atoms with E-state index in [2.05, 4.69) is 20.7 Å². The topological polar surface area (TPSA) is 55.8 Å². The van der Waals surface area contributed by atoms with Gasteiger partial charge in [0.1, 0.15) is 5.75 Å². The van der Waals surface area contributed by atoms with Gasteiger partial charge in [-0.05, 0) is 17.7 Å². The van der Waals surface area contributed by atoms with Crippen LogP contribution in [0.2, 0.25) is 0 Å². The lowest BCUT2D eigenvalue weighted by Gasteiger charge is -2.24. The van der Waals surface area contributed by atoms with E-state index in [4.69, 9.17) is 4.74 Å². The Morgan fingerprint density at radius 3 is 2.68 bits per heavy atom. The normalized spacial score (nSPS) is 19.0. The molecule has 0 aliphatic carbocycles. The minimum atomic E-state index is -0.496. The highest BCUT2D eigenvalue weighted by Gasteiger charge is 2.26. The molecule has 2 aliphatic heterocycles. The molecule has 0 spiro atoms. The van der Waals surface area contributed by atoms with Crippen molar-refractivity contribution in [2.24, 2.45) is 0 Å². The molecule has 0 N–H and O–H groups in total. The van der Waals surface area contributed by atoms with Crippen molar-refractivity contribution in [2.45, 2.75) is 13.0 Å². The summed E-state index contributed by atoms with van der Waals surface area (Å²) < 4.78 is 11.1. The van der Waals surface area contributed by atoms with Gasteiger partial charge >= 0.3 is 11.9 Å². The summed E-state index contributed by atoms with van der Waals surface area (Å²) in [6.45, 7) is 1.45. The van der Waals surface area contributed by atoms with Gasteiger partial charge in [0.05, 0.1) is 19.7 Å². The number of morpholine rings is 1. The lowest BCUT2D eigenvalue weighted by atomic mass is 10.1. The smallest absolute Gasteiger partial charge is 0.327 e. The predicted molar refractivity (Wildman–Crippen MR) is 69.7 cm³/mol. The number of hydrogen-bond donors (Lipinski definition) is 0. The molecule has 2 aliphatic rings. The Balaban J connectivity index is 1.83. The van der Waals surface area contributed by atoms with Crippen LogP contribution in [0.15, 0.2) is 16.6 Å². The van der Waals surface area contributed by atoms with E-state index in [0.29, 0.717) is 13.2 Å². The lowest BCUT2D eigenvalue weighted by Crippen LogP contribution is -2.42. The van der Waals surface area contributed by atoms with Crippen molar-refractivity contribution < 1.29 is 19.1 Å². The van der Waals surface area contributed by atoms with E-state index in [-0.39, 0.29) is 13.1 Å². The number of benzene rings is 1. The number of halogens is 1. The fourth-order valence-electron chi connectivity index (χ4n) is 2.43. The molecular formula is C13H12BrNO4. The minimum Gasteiger partial charge on any atom is -0.493 e. The van der Waals surface area contributed by atoms with Crippen molar-refractivity contribution in [3.8, 4) is 5.75 Å². The van der Waals surface area contributed by atoms with Gasteiger partial charge in [-0.15, -0.1) is 0 Å². The third-order valence-corrected chi connectivity index (χ3v) is 3.61. The largest absolute Gasteiger partial charge is 0.493 e. The van der Waals surface area contributed by atoms with E-state index < -0.39 is 11.9 Å². The van der Waals surface area contributed by atoms with E-state index in [0.717, 1.165) is 27.8 Å². The fourth-order valence-corrected chi connectivity index (χ4v) is 2.98. The molecule has 1 fully saturated rings. The van der Waals surface area contributed by atoms with Crippen LogP contribution in [0.3, 0.4) is 0 Å². The molecule has 1 saturated heterocycles. The second-order valence-corrected chi connectivity index (χ2v) is 5.56. The number of esters is 2. The molecule has 0 radical (unpaired) electrons. The van der Waals surface area contributed by atoms with Crippen LogP contribution < -0.4 is 4.74 Å². The molecule has 0 atom stereocenters. The number of hydrogen-bond acceptors (Lipinski definition) is 5. The second-order valence-electron chi connectivity index (χ2n) is 4.64. The predicted octanol–water partition coefficient (Wildman–Crippen LogP) is 1.27. The van der Waals surface area contributed by atoms with Crippen LogP contribution in [0.25, 0.3) is 0 Å². The van der Waals surface area contributed by atoms with E-state index >= 15 is 0 Å². The molecule has 100 valence electrons. The molecule has 5 nitrogen and oxygen atoms in total. The highest BCUT2D eigenvalue weighted by atomic mass is 79.9. The first-order valence-corrected chi connectivity index (χ1v) is 6.81. The van der Waals surface area contributed by atoms with Gasteiger partial charge in [0.15, 0.2) is 0 Å². The minimum absolute atomic E-state index is 0.132. The van der Waals surface area contributed by atoms with Gasteiger partial charge < -0.3 is 9.47 Å².